The van der Waals surface area contributed by atoms with Gasteiger partial charge in [-0.05, 0) is 31.0 Å². The first-order valence-corrected chi connectivity index (χ1v) is 6.08. The average Bonchev–Trinajstić information content (AvgIpc) is 2.31. The summed E-state index contributed by atoms with van der Waals surface area (Å²) in [4.78, 5) is 11.7. The van der Waals surface area contributed by atoms with Gasteiger partial charge in [0, 0.05) is 18.7 Å². The minimum absolute atomic E-state index is 0.0471. The van der Waals surface area contributed by atoms with E-state index in [1.807, 2.05) is 32.0 Å². The zero-order valence-electron chi connectivity index (χ0n) is 10.4. The van der Waals surface area contributed by atoms with E-state index in [4.69, 9.17) is 16.3 Å². The summed E-state index contributed by atoms with van der Waals surface area (Å²) < 4.78 is 5.05. The highest BCUT2D eigenvalue weighted by Gasteiger charge is 2.09. The van der Waals surface area contributed by atoms with Gasteiger partial charge in [0.15, 0.2) is 0 Å². The van der Waals surface area contributed by atoms with Crippen molar-refractivity contribution in [1.29, 1.82) is 0 Å². The number of alkyl halides is 1. The molecule has 0 fully saturated rings. The number of anilines is 1. The van der Waals surface area contributed by atoms with Crippen molar-refractivity contribution in [2.45, 2.75) is 32.3 Å². The molecular formula is C13H18ClNO2. The molecule has 1 aromatic rings. The molecule has 3 nitrogen and oxygen atoms in total. The van der Waals surface area contributed by atoms with Crippen molar-refractivity contribution in [2.24, 2.45) is 0 Å². The number of rotatable bonds is 5. The molecule has 0 aliphatic rings. The van der Waals surface area contributed by atoms with Gasteiger partial charge < -0.3 is 10.1 Å². The van der Waals surface area contributed by atoms with Crippen LogP contribution in [0.15, 0.2) is 18.2 Å². The molecule has 1 rings (SSSR count). The van der Waals surface area contributed by atoms with Crippen molar-refractivity contribution in [3.05, 3.63) is 29.3 Å². The van der Waals surface area contributed by atoms with E-state index in [0.717, 1.165) is 16.8 Å². The molecule has 4 heteroatoms. The van der Waals surface area contributed by atoms with Gasteiger partial charge in [-0.3, -0.25) is 4.79 Å². The topological polar surface area (TPSA) is 38.3 Å². The van der Waals surface area contributed by atoms with Crippen LogP contribution in [0.5, 0.6) is 0 Å². The highest BCUT2D eigenvalue weighted by molar-refractivity contribution is 6.17. The molecule has 0 spiro atoms. The first-order chi connectivity index (χ1) is 8.06. The Morgan fingerprint density at radius 2 is 2.24 bits per heavy atom. The fourth-order valence-electron chi connectivity index (χ4n) is 1.43. The van der Waals surface area contributed by atoms with Crippen LogP contribution in [0.3, 0.4) is 0 Å². The summed E-state index contributed by atoms with van der Waals surface area (Å²) in [5.74, 6) is 0.395. The van der Waals surface area contributed by atoms with Crippen LogP contribution in [-0.2, 0) is 15.4 Å². The van der Waals surface area contributed by atoms with E-state index in [9.17, 15) is 4.79 Å². The number of nitrogens with one attached hydrogen (secondary N) is 1. The summed E-state index contributed by atoms with van der Waals surface area (Å²) >= 11 is 5.76. The third-order valence-corrected chi connectivity index (χ3v) is 2.91. The van der Waals surface area contributed by atoms with E-state index >= 15 is 0 Å². The summed E-state index contributed by atoms with van der Waals surface area (Å²) in [5.41, 5.74) is 2.83. The Morgan fingerprint density at radius 1 is 1.53 bits per heavy atom. The van der Waals surface area contributed by atoms with Gasteiger partial charge in [-0.2, -0.15) is 0 Å². The number of carbonyl (C=O) groups excluding carboxylic acids is 1. The molecular weight excluding hydrogens is 238 g/mol. The summed E-state index contributed by atoms with van der Waals surface area (Å²) in [6.07, 6.45) is 0.271. The SMILES string of the molecule is COC(C)CC(=O)Nc1cc(CCl)ccc1C. The molecule has 0 bridgehead atoms. The molecule has 1 unspecified atom stereocenters. The standard InChI is InChI=1S/C13H18ClNO2/c1-9-4-5-11(8-14)7-12(9)15-13(16)6-10(2)17-3/h4-5,7,10H,6,8H2,1-3H3,(H,15,16). The number of hydrogen-bond donors (Lipinski definition) is 1. The summed E-state index contributed by atoms with van der Waals surface area (Å²) in [6, 6.07) is 5.81. The fourth-order valence-corrected chi connectivity index (χ4v) is 1.60. The second kappa shape index (κ2) is 6.62. The minimum Gasteiger partial charge on any atom is -0.381 e. The van der Waals surface area contributed by atoms with Crippen LogP contribution in [0.4, 0.5) is 5.69 Å². The van der Waals surface area contributed by atoms with Gasteiger partial charge in [0.1, 0.15) is 0 Å². The highest BCUT2D eigenvalue weighted by atomic mass is 35.5. The van der Waals surface area contributed by atoms with Gasteiger partial charge in [0.05, 0.1) is 12.5 Å². The van der Waals surface area contributed by atoms with Crippen molar-refractivity contribution in [1.82, 2.24) is 0 Å². The normalized spacial score (nSPS) is 12.2. The molecule has 0 saturated carbocycles. The van der Waals surface area contributed by atoms with Gasteiger partial charge in [-0.25, -0.2) is 0 Å². The van der Waals surface area contributed by atoms with Crippen molar-refractivity contribution < 1.29 is 9.53 Å². The maximum atomic E-state index is 11.7. The molecule has 0 aromatic heterocycles. The predicted octanol–water partition coefficient (Wildman–Crippen LogP) is 3.10. The number of carbonyl (C=O) groups is 1. The Hall–Kier alpha value is -1.06. The number of methoxy groups -OCH3 is 1. The molecule has 0 heterocycles. The number of ether oxygens (including phenoxy) is 1. The van der Waals surface area contributed by atoms with E-state index in [-0.39, 0.29) is 12.0 Å². The minimum atomic E-state index is -0.0773. The van der Waals surface area contributed by atoms with Crippen LogP contribution in [0.1, 0.15) is 24.5 Å². The van der Waals surface area contributed by atoms with Gasteiger partial charge in [-0.1, -0.05) is 12.1 Å². The smallest absolute Gasteiger partial charge is 0.226 e. The number of halogens is 1. The summed E-state index contributed by atoms with van der Waals surface area (Å²) in [7, 11) is 1.59. The van der Waals surface area contributed by atoms with Crippen molar-refractivity contribution in [3.8, 4) is 0 Å². The Kier molecular flexibility index (Phi) is 5.45. The zero-order chi connectivity index (χ0) is 12.8. The lowest BCUT2D eigenvalue weighted by molar-refractivity contribution is -0.118. The quantitative estimate of drug-likeness (QED) is 0.821. The number of aryl methyl sites for hydroxylation is 1. The third kappa shape index (κ3) is 4.36. The Morgan fingerprint density at radius 3 is 2.82 bits per heavy atom. The molecule has 1 amide bonds. The Labute approximate surface area is 107 Å². The van der Waals surface area contributed by atoms with E-state index in [0.29, 0.717) is 12.3 Å². The Balaban J connectivity index is 2.70. The average molecular weight is 256 g/mol. The van der Waals surface area contributed by atoms with Crippen LogP contribution in [0.25, 0.3) is 0 Å². The summed E-state index contributed by atoms with van der Waals surface area (Å²) in [5, 5.41) is 2.87. The predicted molar refractivity (Wildman–Crippen MR) is 70.5 cm³/mol. The fraction of sp³-hybridized carbons (Fsp3) is 0.462. The molecule has 1 N–H and O–H groups in total. The van der Waals surface area contributed by atoms with Crippen molar-refractivity contribution in [2.75, 3.05) is 12.4 Å². The van der Waals surface area contributed by atoms with E-state index in [1.165, 1.54) is 0 Å². The lowest BCUT2D eigenvalue weighted by atomic mass is 10.1. The largest absolute Gasteiger partial charge is 0.381 e. The van der Waals surface area contributed by atoms with E-state index in [1.54, 1.807) is 7.11 Å². The second-order valence-electron chi connectivity index (χ2n) is 4.08. The molecule has 0 saturated heterocycles. The number of benzene rings is 1. The lowest BCUT2D eigenvalue weighted by Crippen LogP contribution is -2.19. The molecule has 0 aliphatic carbocycles. The first-order valence-electron chi connectivity index (χ1n) is 5.55. The van der Waals surface area contributed by atoms with Crippen LogP contribution in [0, 0.1) is 6.92 Å². The van der Waals surface area contributed by atoms with Crippen LogP contribution in [-0.4, -0.2) is 19.1 Å². The lowest BCUT2D eigenvalue weighted by Gasteiger charge is -2.12. The van der Waals surface area contributed by atoms with Crippen molar-refractivity contribution >= 4 is 23.2 Å². The van der Waals surface area contributed by atoms with Crippen LogP contribution in [0.2, 0.25) is 0 Å². The van der Waals surface area contributed by atoms with Crippen LogP contribution < -0.4 is 5.32 Å². The van der Waals surface area contributed by atoms with Gasteiger partial charge in [0.25, 0.3) is 0 Å². The first kappa shape index (κ1) is 14.0. The van der Waals surface area contributed by atoms with E-state index < -0.39 is 0 Å². The maximum Gasteiger partial charge on any atom is 0.226 e. The Bertz CT molecular complexity index is 393. The maximum absolute atomic E-state index is 11.7. The molecule has 1 aromatic carbocycles. The van der Waals surface area contributed by atoms with Gasteiger partial charge >= 0.3 is 0 Å². The molecule has 17 heavy (non-hydrogen) atoms. The molecule has 0 aliphatic heterocycles. The number of hydrogen-bond acceptors (Lipinski definition) is 2. The zero-order valence-corrected chi connectivity index (χ0v) is 11.2. The molecule has 0 radical (unpaired) electrons. The van der Waals surface area contributed by atoms with Crippen molar-refractivity contribution in [3.63, 3.8) is 0 Å². The van der Waals surface area contributed by atoms with Gasteiger partial charge in [-0.15, -0.1) is 11.6 Å². The highest BCUT2D eigenvalue weighted by Crippen LogP contribution is 2.18. The van der Waals surface area contributed by atoms with Crippen LogP contribution >= 0.6 is 11.6 Å². The third-order valence-electron chi connectivity index (χ3n) is 2.61. The molecule has 94 valence electrons. The van der Waals surface area contributed by atoms with Gasteiger partial charge in [0.2, 0.25) is 5.91 Å². The monoisotopic (exact) mass is 255 g/mol. The number of amides is 1. The van der Waals surface area contributed by atoms with E-state index in [2.05, 4.69) is 5.32 Å². The second-order valence-corrected chi connectivity index (χ2v) is 4.35. The molecule has 1 atom stereocenters. The summed E-state index contributed by atoms with van der Waals surface area (Å²) in [6.45, 7) is 3.81.